The van der Waals surface area contributed by atoms with Crippen molar-refractivity contribution < 1.29 is 9.18 Å². The Hall–Kier alpha value is -2.34. The molecule has 3 aromatic rings. The lowest BCUT2D eigenvalue weighted by Gasteiger charge is -2.06. The molecule has 6 heteroatoms. The van der Waals surface area contributed by atoms with E-state index in [2.05, 4.69) is 27.9 Å². The lowest BCUT2D eigenvalue weighted by molar-refractivity contribution is -0.115. The Kier molecular flexibility index (Phi) is 5.15. The molecule has 4 nitrogen and oxygen atoms in total. The van der Waals surface area contributed by atoms with Gasteiger partial charge in [0.1, 0.15) is 5.82 Å². The molecular formula is C18H18FN3OS. The van der Waals surface area contributed by atoms with Crippen LogP contribution < -0.4 is 5.32 Å². The molecule has 0 fully saturated rings. The summed E-state index contributed by atoms with van der Waals surface area (Å²) in [6.45, 7) is 2.92. The summed E-state index contributed by atoms with van der Waals surface area (Å²) in [7, 11) is 0. The highest BCUT2D eigenvalue weighted by atomic mass is 32.2. The number of nitrogens with one attached hydrogen (secondary N) is 1. The first kappa shape index (κ1) is 16.5. The van der Waals surface area contributed by atoms with Crippen LogP contribution in [0.25, 0.3) is 11.0 Å². The standard InChI is InChI=1S/C18H18FN3OS/c1-2-22-16-6-4-3-5-15(16)21-18(22)24-12-11-17(23)20-14-9-7-13(19)8-10-14/h3-10H,2,11-12H2,1H3,(H,20,23). The molecule has 0 aliphatic heterocycles. The van der Waals surface area contributed by atoms with Crippen molar-refractivity contribution in [1.29, 1.82) is 0 Å². The van der Waals surface area contributed by atoms with Gasteiger partial charge in [-0.05, 0) is 43.3 Å². The predicted octanol–water partition coefficient (Wildman–Crippen LogP) is 4.32. The van der Waals surface area contributed by atoms with Gasteiger partial charge in [0, 0.05) is 24.4 Å². The van der Waals surface area contributed by atoms with Crippen molar-refractivity contribution in [2.24, 2.45) is 0 Å². The fourth-order valence-corrected chi connectivity index (χ4v) is 3.48. The van der Waals surface area contributed by atoms with E-state index in [0.29, 0.717) is 17.9 Å². The van der Waals surface area contributed by atoms with Crippen LogP contribution in [0.1, 0.15) is 13.3 Å². The van der Waals surface area contributed by atoms with E-state index in [4.69, 9.17) is 0 Å². The van der Waals surface area contributed by atoms with Gasteiger partial charge in [-0.25, -0.2) is 9.37 Å². The molecule has 0 spiro atoms. The zero-order valence-electron chi connectivity index (χ0n) is 13.3. The molecule has 0 atom stereocenters. The number of rotatable bonds is 6. The molecular weight excluding hydrogens is 325 g/mol. The van der Waals surface area contributed by atoms with Crippen LogP contribution in [-0.4, -0.2) is 21.2 Å². The fourth-order valence-electron chi connectivity index (χ4n) is 2.46. The predicted molar refractivity (Wildman–Crippen MR) is 95.8 cm³/mol. The molecule has 0 saturated carbocycles. The maximum Gasteiger partial charge on any atom is 0.225 e. The second kappa shape index (κ2) is 7.49. The first-order chi connectivity index (χ1) is 11.7. The number of aromatic nitrogens is 2. The Morgan fingerprint density at radius 1 is 1.21 bits per heavy atom. The number of halogens is 1. The van der Waals surface area contributed by atoms with Crippen LogP contribution in [0, 0.1) is 5.82 Å². The minimum atomic E-state index is -0.318. The number of anilines is 1. The number of imidazole rings is 1. The smallest absolute Gasteiger partial charge is 0.225 e. The number of nitrogens with zero attached hydrogens (tertiary/aromatic N) is 2. The summed E-state index contributed by atoms with van der Waals surface area (Å²) in [5.74, 6) is 0.228. The lowest BCUT2D eigenvalue weighted by atomic mass is 10.3. The van der Waals surface area contributed by atoms with Crippen LogP contribution >= 0.6 is 11.8 Å². The van der Waals surface area contributed by atoms with Crippen LogP contribution in [0.3, 0.4) is 0 Å². The minimum Gasteiger partial charge on any atom is -0.326 e. The van der Waals surface area contributed by atoms with Gasteiger partial charge in [-0.1, -0.05) is 23.9 Å². The summed E-state index contributed by atoms with van der Waals surface area (Å²) in [6, 6.07) is 13.8. The number of aryl methyl sites for hydroxylation is 1. The van der Waals surface area contributed by atoms with E-state index in [9.17, 15) is 9.18 Å². The van der Waals surface area contributed by atoms with Gasteiger partial charge in [0.15, 0.2) is 5.16 Å². The van der Waals surface area contributed by atoms with Crippen molar-refractivity contribution in [3.05, 3.63) is 54.3 Å². The average Bonchev–Trinajstić information content (AvgIpc) is 2.94. The van der Waals surface area contributed by atoms with Crippen molar-refractivity contribution in [2.75, 3.05) is 11.1 Å². The Bertz CT molecular complexity index is 845. The van der Waals surface area contributed by atoms with Gasteiger partial charge < -0.3 is 9.88 Å². The van der Waals surface area contributed by atoms with Crippen LogP contribution in [0.2, 0.25) is 0 Å². The quantitative estimate of drug-likeness (QED) is 0.678. The van der Waals surface area contributed by atoms with E-state index in [0.717, 1.165) is 22.7 Å². The van der Waals surface area contributed by atoms with Crippen molar-refractivity contribution in [3.8, 4) is 0 Å². The van der Waals surface area contributed by atoms with E-state index in [1.807, 2.05) is 18.2 Å². The van der Waals surface area contributed by atoms with Crippen LogP contribution in [0.5, 0.6) is 0 Å². The lowest BCUT2D eigenvalue weighted by Crippen LogP contribution is -2.12. The molecule has 0 saturated heterocycles. The van der Waals surface area contributed by atoms with Crippen molar-refractivity contribution in [2.45, 2.75) is 25.0 Å². The molecule has 0 unspecified atom stereocenters. The van der Waals surface area contributed by atoms with E-state index in [1.165, 1.54) is 12.1 Å². The van der Waals surface area contributed by atoms with Crippen molar-refractivity contribution in [1.82, 2.24) is 9.55 Å². The minimum absolute atomic E-state index is 0.0896. The fraction of sp³-hybridized carbons (Fsp3) is 0.222. The van der Waals surface area contributed by atoms with Gasteiger partial charge in [0.2, 0.25) is 5.91 Å². The number of thioether (sulfide) groups is 1. The van der Waals surface area contributed by atoms with E-state index >= 15 is 0 Å². The third-order valence-electron chi connectivity index (χ3n) is 3.62. The summed E-state index contributed by atoms with van der Waals surface area (Å²) >= 11 is 1.57. The number of carbonyl (C=O) groups excluding carboxylic acids is 1. The first-order valence-corrected chi connectivity index (χ1v) is 8.79. The number of carbonyl (C=O) groups is 1. The van der Waals surface area contributed by atoms with Gasteiger partial charge in [-0.2, -0.15) is 0 Å². The molecule has 3 rings (SSSR count). The second-order valence-electron chi connectivity index (χ2n) is 5.28. The van der Waals surface area contributed by atoms with Gasteiger partial charge in [-0.3, -0.25) is 4.79 Å². The average molecular weight is 343 g/mol. The highest BCUT2D eigenvalue weighted by Gasteiger charge is 2.10. The Morgan fingerprint density at radius 3 is 2.71 bits per heavy atom. The molecule has 0 radical (unpaired) electrons. The molecule has 1 N–H and O–H groups in total. The van der Waals surface area contributed by atoms with E-state index in [1.54, 1.807) is 23.9 Å². The summed E-state index contributed by atoms with van der Waals surface area (Å²) < 4.78 is 15.0. The van der Waals surface area contributed by atoms with Gasteiger partial charge in [0.25, 0.3) is 0 Å². The number of amides is 1. The van der Waals surface area contributed by atoms with E-state index < -0.39 is 0 Å². The van der Waals surface area contributed by atoms with Crippen LogP contribution in [0.4, 0.5) is 10.1 Å². The normalized spacial score (nSPS) is 10.9. The highest BCUT2D eigenvalue weighted by molar-refractivity contribution is 7.99. The third kappa shape index (κ3) is 3.76. The first-order valence-electron chi connectivity index (χ1n) is 7.81. The monoisotopic (exact) mass is 343 g/mol. The third-order valence-corrected chi connectivity index (χ3v) is 4.60. The molecule has 0 bridgehead atoms. The van der Waals surface area contributed by atoms with Gasteiger partial charge >= 0.3 is 0 Å². The Balaban J connectivity index is 1.58. The maximum absolute atomic E-state index is 12.8. The van der Waals surface area contributed by atoms with Gasteiger partial charge in [-0.15, -0.1) is 0 Å². The molecule has 0 aliphatic rings. The molecule has 0 aliphatic carbocycles. The summed E-state index contributed by atoms with van der Waals surface area (Å²) in [6.07, 6.45) is 0.370. The number of hydrogen-bond acceptors (Lipinski definition) is 3. The van der Waals surface area contributed by atoms with Crippen molar-refractivity contribution in [3.63, 3.8) is 0 Å². The zero-order valence-corrected chi connectivity index (χ0v) is 14.1. The molecule has 2 aromatic carbocycles. The number of hydrogen-bond donors (Lipinski definition) is 1. The SMILES string of the molecule is CCn1c(SCCC(=O)Nc2ccc(F)cc2)nc2ccccc21. The zero-order chi connectivity index (χ0) is 16.9. The Labute approximate surface area is 144 Å². The van der Waals surface area contributed by atoms with Crippen LogP contribution in [-0.2, 0) is 11.3 Å². The summed E-state index contributed by atoms with van der Waals surface area (Å²) in [5, 5.41) is 3.69. The molecule has 24 heavy (non-hydrogen) atoms. The van der Waals surface area contributed by atoms with E-state index in [-0.39, 0.29) is 11.7 Å². The largest absolute Gasteiger partial charge is 0.326 e. The maximum atomic E-state index is 12.8. The van der Waals surface area contributed by atoms with Crippen LogP contribution in [0.15, 0.2) is 53.7 Å². The molecule has 124 valence electrons. The summed E-state index contributed by atoms with van der Waals surface area (Å²) in [5.41, 5.74) is 2.68. The highest BCUT2D eigenvalue weighted by Crippen LogP contribution is 2.24. The topological polar surface area (TPSA) is 46.9 Å². The second-order valence-corrected chi connectivity index (χ2v) is 6.34. The molecule has 1 aromatic heterocycles. The molecule has 1 amide bonds. The van der Waals surface area contributed by atoms with Gasteiger partial charge in [0.05, 0.1) is 11.0 Å². The number of para-hydroxylation sites is 2. The summed E-state index contributed by atoms with van der Waals surface area (Å²) in [4.78, 5) is 16.6. The number of benzene rings is 2. The number of fused-ring (bicyclic) bond motifs is 1. The van der Waals surface area contributed by atoms with Crippen molar-refractivity contribution >= 4 is 34.4 Å². The Morgan fingerprint density at radius 2 is 1.96 bits per heavy atom. The molecule has 1 heterocycles.